The first-order valence-corrected chi connectivity index (χ1v) is 8.06. The van der Waals surface area contributed by atoms with E-state index in [1.165, 1.54) is 19.3 Å². The Labute approximate surface area is 130 Å². The highest BCUT2D eigenvalue weighted by molar-refractivity contribution is 6.21. The molecule has 114 valence electrons. The molecule has 1 fully saturated rings. The van der Waals surface area contributed by atoms with E-state index in [0.717, 1.165) is 16.6 Å². The maximum atomic E-state index is 12.0. The molecule has 0 amide bonds. The van der Waals surface area contributed by atoms with E-state index < -0.39 is 0 Å². The maximum Gasteiger partial charge on any atom is 0.328 e. The lowest BCUT2D eigenvalue weighted by Gasteiger charge is -2.31. The van der Waals surface area contributed by atoms with Gasteiger partial charge in [0.15, 0.2) is 0 Å². The lowest BCUT2D eigenvalue weighted by molar-refractivity contribution is 0.252. The zero-order valence-electron chi connectivity index (χ0n) is 13.2. The number of fused-ring (bicyclic) bond motifs is 1. The molecule has 0 radical (unpaired) electrons. The van der Waals surface area contributed by atoms with E-state index >= 15 is 0 Å². The van der Waals surface area contributed by atoms with E-state index in [0.29, 0.717) is 11.3 Å². The summed E-state index contributed by atoms with van der Waals surface area (Å²) in [6.45, 7) is 4.63. The van der Waals surface area contributed by atoms with Crippen LogP contribution in [-0.2, 0) is 14.1 Å². The number of hydrogen-bond donors (Lipinski definition) is 0. The van der Waals surface area contributed by atoms with Gasteiger partial charge in [-0.25, -0.2) is 4.79 Å². The summed E-state index contributed by atoms with van der Waals surface area (Å²) in [5, 5.41) is 0.0159. The van der Waals surface area contributed by atoms with Gasteiger partial charge in [-0.05, 0) is 41.9 Å². The van der Waals surface area contributed by atoms with Gasteiger partial charge in [-0.1, -0.05) is 26.3 Å². The molecule has 2 aromatic rings. The molecule has 0 saturated heterocycles. The van der Waals surface area contributed by atoms with Crippen LogP contribution in [0.2, 0.25) is 0 Å². The van der Waals surface area contributed by atoms with Gasteiger partial charge < -0.3 is 0 Å². The van der Waals surface area contributed by atoms with Crippen molar-refractivity contribution in [3.05, 3.63) is 34.2 Å². The topological polar surface area (TPSA) is 26.9 Å². The highest BCUT2D eigenvalue weighted by atomic mass is 35.5. The summed E-state index contributed by atoms with van der Waals surface area (Å²) >= 11 is 6.80. The lowest BCUT2D eigenvalue weighted by atomic mass is 9.78. The largest absolute Gasteiger partial charge is 0.328 e. The Kier molecular flexibility index (Phi) is 3.44. The van der Waals surface area contributed by atoms with E-state index in [1.54, 1.807) is 9.13 Å². The summed E-state index contributed by atoms with van der Waals surface area (Å²) in [5.74, 6) is 0.498. The van der Waals surface area contributed by atoms with E-state index in [2.05, 4.69) is 26.0 Å². The van der Waals surface area contributed by atoms with E-state index in [9.17, 15) is 4.79 Å². The van der Waals surface area contributed by atoms with Gasteiger partial charge in [-0.15, -0.1) is 11.6 Å². The van der Waals surface area contributed by atoms with E-state index in [1.807, 2.05) is 20.2 Å². The SMILES string of the molecule is Cn1c(=O)n(C)c2cc(C(Cl)C3CCCC3(C)C)ccc21. The number of nitrogens with zero attached hydrogens (tertiary/aromatic N) is 2. The van der Waals surface area contributed by atoms with Crippen molar-refractivity contribution in [2.75, 3.05) is 0 Å². The van der Waals surface area contributed by atoms with Gasteiger partial charge in [0, 0.05) is 14.1 Å². The molecule has 1 saturated carbocycles. The van der Waals surface area contributed by atoms with E-state index in [-0.39, 0.29) is 11.1 Å². The van der Waals surface area contributed by atoms with Crippen molar-refractivity contribution in [1.29, 1.82) is 0 Å². The normalized spacial score (nSPS) is 22.8. The Bertz CT molecular complexity index is 741. The Morgan fingerprint density at radius 2 is 1.90 bits per heavy atom. The number of alkyl halides is 1. The number of aromatic nitrogens is 2. The quantitative estimate of drug-likeness (QED) is 0.771. The monoisotopic (exact) mass is 306 g/mol. The van der Waals surface area contributed by atoms with Crippen LogP contribution in [0.4, 0.5) is 0 Å². The van der Waals surface area contributed by atoms with Gasteiger partial charge >= 0.3 is 5.69 Å². The zero-order chi connectivity index (χ0) is 15.4. The summed E-state index contributed by atoms with van der Waals surface area (Å²) in [6, 6.07) is 6.18. The van der Waals surface area contributed by atoms with Crippen LogP contribution in [0.3, 0.4) is 0 Å². The molecule has 1 heterocycles. The Morgan fingerprint density at radius 1 is 1.24 bits per heavy atom. The predicted molar refractivity (Wildman–Crippen MR) is 87.9 cm³/mol. The van der Waals surface area contributed by atoms with E-state index in [4.69, 9.17) is 11.6 Å². The number of rotatable bonds is 2. The van der Waals surface area contributed by atoms with Crippen molar-refractivity contribution in [3.63, 3.8) is 0 Å². The summed E-state index contributed by atoms with van der Waals surface area (Å²) in [6.07, 6.45) is 3.69. The first-order chi connectivity index (χ1) is 9.83. The number of benzene rings is 1. The highest BCUT2D eigenvalue weighted by Gasteiger charge is 2.39. The van der Waals surface area contributed by atoms with Crippen molar-refractivity contribution in [3.8, 4) is 0 Å². The van der Waals surface area contributed by atoms with Gasteiger partial charge in [-0.3, -0.25) is 9.13 Å². The second-order valence-electron chi connectivity index (χ2n) is 7.04. The molecule has 1 aromatic heterocycles. The number of hydrogen-bond acceptors (Lipinski definition) is 1. The zero-order valence-corrected chi connectivity index (χ0v) is 13.9. The van der Waals surface area contributed by atoms with Crippen LogP contribution < -0.4 is 5.69 Å². The van der Waals surface area contributed by atoms with Crippen LogP contribution in [0.1, 0.15) is 44.1 Å². The first kappa shape index (κ1) is 14.7. The fraction of sp³-hybridized carbons (Fsp3) is 0.588. The Morgan fingerprint density at radius 3 is 2.52 bits per heavy atom. The summed E-state index contributed by atoms with van der Waals surface area (Å²) in [7, 11) is 3.62. The smallest absolute Gasteiger partial charge is 0.295 e. The van der Waals surface area contributed by atoms with Gasteiger partial charge in [0.1, 0.15) is 0 Å². The molecule has 1 aliphatic rings. The summed E-state index contributed by atoms with van der Waals surface area (Å²) in [5.41, 5.74) is 3.35. The highest BCUT2D eigenvalue weighted by Crippen LogP contribution is 2.51. The van der Waals surface area contributed by atoms with Gasteiger partial charge in [0.2, 0.25) is 0 Å². The third-order valence-corrected chi connectivity index (χ3v) is 5.86. The third kappa shape index (κ3) is 2.22. The predicted octanol–water partition coefficient (Wildman–Crippen LogP) is 3.98. The molecule has 0 aliphatic heterocycles. The molecule has 1 aromatic carbocycles. The Balaban J connectivity index is 2.05. The lowest BCUT2D eigenvalue weighted by Crippen LogP contribution is -2.21. The average Bonchev–Trinajstić information content (AvgIpc) is 2.91. The molecule has 0 bridgehead atoms. The minimum absolute atomic E-state index is 0.00877. The van der Waals surface area contributed by atoms with Crippen LogP contribution in [0.15, 0.2) is 23.0 Å². The summed E-state index contributed by atoms with van der Waals surface area (Å²) < 4.78 is 3.38. The van der Waals surface area contributed by atoms with Crippen molar-refractivity contribution in [1.82, 2.24) is 9.13 Å². The molecular weight excluding hydrogens is 284 g/mol. The molecular formula is C17H23ClN2O. The van der Waals surface area contributed by atoms with Crippen LogP contribution in [0.25, 0.3) is 11.0 Å². The standard InChI is InChI=1S/C17H23ClN2O/c1-17(2)9-5-6-12(17)15(18)11-7-8-13-14(10-11)20(4)16(21)19(13)3/h7-8,10,12,15H,5-6,9H2,1-4H3. The average molecular weight is 307 g/mol. The van der Waals surface area contributed by atoms with Crippen LogP contribution in [0, 0.1) is 11.3 Å². The molecule has 0 N–H and O–H groups in total. The molecule has 3 rings (SSSR count). The third-order valence-electron chi connectivity index (χ3n) is 5.31. The molecule has 1 aliphatic carbocycles. The van der Waals surface area contributed by atoms with Crippen molar-refractivity contribution < 1.29 is 0 Å². The molecule has 0 spiro atoms. The van der Waals surface area contributed by atoms with Crippen LogP contribution in [0.5, 0.6) is 0 Å². The molecule has 2 atom stereocenters. The molecule has 21 heavy (non-hydrogen) atoms. The van der Waals surface area contributed by atoms with Gasteiger partial charge in [-0.2, -0.15) is 0 Å². The van der Waals surface area contributed by atoms with Crippen LogP contribution in [-0.4, -0.2) is 9.13 Å². The minimum atomic E-state index is 0.00877. The second kappa shape index (κ2) is 4.91. The fourth-order valence-corrected chi connectivity index (χ4v) is 4.43. The van der Waals surface area contributed by atoms with Crippen molar-refractivity contribution in [2.45, 2.75) is 38.5 Å². The van der Waals surface area contributed by atoms with Crippen molar-refractivity contribution in [2.24, 2.45) is 25.4 Å². The molecule has 3 nitrogen and oxygen atoms in total. The number of halogens is 1. The minimum Gasteiger partial charge on any atom is -0.295 e. The fourth-order valence-electron chi connectivity index (χ4n) is 3.82. The Hall–Kier alpha value is -1.22. The van der Waals surface area contributed by atoms with Gasteiger partial charge in [0.05, 0.1) is 16.4 Å². The van der Waals surface area contributed by atoms with Crippen LogP contribution >= 0.6 is 11.6 Å². The second-order valence-corrected chi connectivity index (χ2v) is 7.51. The van der Waals surface area contributed by atoms with Gasteiger partial charge in [0.25, 0.3) is 0 Å². The first-order valence-electron chi connectivity index (χ1n) is 7.62. The number of aryl methyl sites for hydroxylation is 2. The summed E-state index contributed by atoms with van der Waals surface area (Å²) in [4.78, 5) is 12.0. The molecule has 4 heteroatoms. The van der Waals surface area contributed by atoms with Crippen molar-refractivity contribution >= 4 is 22.6 Å². The maximum absolute atomic E-state index is 12.0. The number of imidazole rings is 1. The molecule has 2 unspecified atom stereocenters.